The molecule has 9 nitrogen and oxygen atoms in total. The van der Waals surface area contributed by atoms with Crippen molar-refractivity contribution in [3.05, 3.63) is 65.4 Å². The highest BCUT2D eigenvalue weighted by Crippen LogP contribution is 2.30. The van der Waals surface area contributed by atoms with Gasteiger partial charge in [0.1, 0.15) is 11.5 Å². The van der Waals surface area contributed by atoms with Crippen molar-refractivity contribution in [2.75, 3.05) is 51.3 Å². The van der Waals surface area contributed by atoms with Gasteiger partial charge in [0.05, 0.1) is 31.4 Å². The molecule has 0 spiro atoms. The molecule has 198 valence electrons. The first kappa shape index (κ1) is 26.3. The zero-order valence-corrected chi connectivity index (χ0v) is 22.0. The lowest BCUT2D eigenvalue weighted by atomic mass is 9.94. The maximum atomic E-state index is 13.1. The number of carbonyl (C=O) groups is 2. The molecule has 1 atom stereocenters. The van der Waals surface area contributed by atoms with Crippen LogP contribution in [0.2, 0.25) is 0 Å². The second-order valence-corrected chi connectivity index (χ2v) is 9.34. The number of anilines is 1. The number of hydrogen-bond acceptors (Lipinski definition) is 7. The SMILES string of the molecule is CCOC(=O)C1=C(CN2CCN(c3cccc(OC)c3)CC2)NC(=O)N[C@@H]1c1ccc(OC(C)C)cc1. The number of carbonyl (C=O) groups excluding carboxylic acids is 2. The van der Waals surface area contributed by atoms with Crippen LogP contribution in [0.5, 0.6) is 11.5 Å². The maximum Gasteiger partial charge on any atom is 0.338 e. The van der Waals surface area contributed by atoms with Crippen molar-refractivity contribution in [3.8, 4) is 11.5 Å². The minimum Gasteiger partial charge on any atom is -0.497 e. The Balaban J connectivity index is 1.53. The summed E-state index contributed by atoms with van der Waals surface area (Å²) in [4.78, 5) is 30.3. The van der Waals surface area contributed by atoms with Crippen molar-refractivity contribution in [2.45, 2.75) is 32.9 Å². The Morgan fingerprint density at radius 2 is 1.78 bits per heavy atom. The number of nitrogens with zero attached hydrogens (tertiary/aromatic N) is 2. The Morgan fingerprint density at radius 3 is 2.43 bits per heavy atom. The van der Waals surface area contributed by atoms with Crippen molar-refractivity contribution in [2.24, 2.45) is 0 Å². The molecule has 2 aliphatic rings. The summed E-state index contributed by atoms with van der Waals surface area (Å²) in [5, 5.41) is 5.78. The molecule has 0 saturated carbocycles. The topological polar surface area (TPSA) is 92.4 Å². The fraction of sp³-hybridized carbons (Fsp3) is 0.429. The van der Waals surface area contributed by atoms with Crippen molar-refractivity contribution in [1.29, 1.82) is 0 Å². The van der Waals surface area contributed by atoms with Crippen LogP contribution in [0.3, 0.4) is 0 Å². The number of esters is 1. The second kappa shape index (κ2) is 12.0. The van der Waals surface area contributed by atoms with E-state index in [9.17, 15) is 9.59 Å². The van der Waals surface area contributed by atoms with Crippen molar-refractivity contribution in [1.82, 2.24) is 15.5 Å². The molecule has 2 N–H and O–H groups in total. The van der Waals surface area contributed by atoms with Gasteiger partial charge in [-0.1, -0.05) is 18.2 Å². The third-order valence-electron chi connectivity index (χ3n) is 6.41. The highest BCUT2D eigenvalue weighted by Gasteiger charge is 2.34. The molecule has 1 fully saturated rings. The molecule has 1 saturated heterocycles. The van der Waals surface area contributed by atoms with E-state index in [-0.39, 0.29) is 18.7 Å². The van der Waals surface area contributed by atoms with Crippen LogP contribution < -0.4 is 25.0 Å². The van der Waals surface area contributed by atoms with Crippen molar-refractivity contribution in [3.63, 3.8) is 0 Å². The second-order valence-electron chi connectivity index (χ2n) is 9.34. The zero-order chi connectivity index (χ0) is 26.4. The molecule has 0 unspecified atom stereocenters. The molecular weight excluding hydrogens is 472 g/mol. The molecular formula is C28H36N4O5. The van der Waals surface area contributed by atoms with E-state index in [4.69, 9.17) is 14.2 Å². The summed E-state index contributed by atoms with van der Waals surface area (Å²) in [5.41, 5.74) is 2.90. The van der Waals surface area contributed by atoms with E-state index in [1.165, 1.54) is 0 Å². The largest absolute Gasteiger partial charge is 0.497 e. The summed E-state index contributed by atoms with van der Waals surface area (Å²) >= 11 is 0. The number of nitrogens with one attached hydrogen (secondary N) is 2. The Kier molecular flexibility index (Phi) is 8.55. The maximum absolute atomic E-state index is 13.1. The molecule has 0 bridgehead atoms. The summed E-state index contributed by atoms with van der Waals surface area (Å²) in [5.74, 6) is 1.12. The number of amides is 2. The molecule has 2 heterocycles. The molecule has 0 radical (unpaired) electrons. The van der Waals surface area contributed by atoms with Crippen LogP contribution in [-0.4, -0.2) is 69.4 Å². The van der Waals surface area contributed by atoms with Crippen LogP contribution in [0, 0.1) is 0 Å². The molecule has 9 heteroatoms. The van der Waals surface area contributed by atoms with Crippen molar-refractivity contribution >= 4 is 17.7 Å². The number of piperazine rings is 1. The Hall–Kier alpha value is -3.72. The highest BCUT2D eigenvalue weighted by molar-refractivity contribution is 5.95. The molecule has 2 aromatic rings. The van der Waals surface area contributed by atoms with Crippen LogP contribution in [0.1, 0.15) is 32.4 Å². The molecule has 2 aliphatic heterocycles. The lowest BCUT2D eigenvalue weighted by molar-refractivity contribution is -0.139. The molecule has 37 heavy (non-hydrogen) atoms. The highest BCUT2D eigenvalue weighted by atomic mass is 16.5. The summed E-state index contributed by atoms with van der Waals surface area (Å²) < 4.78 is 16.5. The van der Waals surface area contributed by atoms with Gasteiger partial charge in [-0.15, -0.1) is 0 Å². The zero-order valence-electron chi connectivity index (χ0n) is 22.0. The van der Waals surface area contributed by atoms with E-state index in [1.54, 1.807) is 14.0 Å². The van der Waals surface area contributed by atoms with Gasteiger partial charge in [0.15, 0.2) is 0 Å². The molecule has 2 amide bonds. The fourth-order valence-corrected chi connectivity index (χ4v) is 4.65. The van der Waals surface area contributed by atoms with E-state index >= 15 is 0 Å². The van der Waals surface area contributed by atoms with E-state index in [1.807, 2.05) is 56.3 Å². The van der Waals surface area contributed by atoms with Gasteiger partial charge in [-0.2, -0.15) is 0 Å². The summed E-state index contributed by atoms with van der Waals surface area (Å²) in [6.07, 6.45) is 0.0513. The van der Waals surface area contributed by atoms with Crippen LogP contribution in [0.25, 0.3) is 0 Å². The number of ether oxygens (including phenoxy) is 3. The minimum absolute atomic E-state index is 0.0513. The van der Waals surface area contributed by atoms with Crippen LogP contribution in [-0.2, 0) is 9.53 Å². The van der Waals surface area contributed by atoms with Gasteiger partial charge < -0.3 is 29.7 Å². The van der Waals surface area contributed by atoms with Gasteiger partial charge in [0.25, 0.3) is 0 Å². The minimum atomic E-state index is -0.617. The standard InChI is InChI=1S/C28H36N4O5/c1-5-36-27(33)25-24(18-31-13-15-32(16-14-31)21-7-6-8-23(17-21)35-4)29-28(34)30-26(25)20-9-11-22(12-10-20)37-19(2)3/h6-12,17,19,26H,5,13-16,18H2,1-4H3,(H2,29,30,34)/t26-/m1/s1. The quantitative estimate of drug-likeness (QED) is 0.501. The van der Waals surface area contributed by atoms with Gasteiger partial charge in [0.2, 0.25) is 0 Å². The summed E-state index contributed by atoms with van der Waals surface area (Å²) in [6, 6.07) is 14.5. The number of urea groups is 1. The normalized spacial score (nSPS) is 18.4. The Labute approximate surface area is 218 Å². The van der Waals surface area contributed by atoms with Gasteiger partial charge in [-0.3, -0.25) is 4.90 Å². The average Bonchev–Trinajstić information content (AvgIpc) is 2.89. The first-order chi connectivity index (χ1) is 17.9. The molecule has 4 rings (SSSR count). The van der Waals surface area contributed by atoms with Crippen LogP contribution in [0.15, 0.2) is 59.8 Å². The number of hydrogen-bond donors (Lipinski definition) is 2. The predicted octanol–water partition coefficient (Wildman–Crippen LogP) is 3.48. The van der Waals surface area contributed by atoms with Crippen LogP contribution in [0.4, 0.5) is 10.5 Å². The smallest absolute Gasteiger partial charge is 0.338 e. The predicted molar refractivity (Wildman–Crippen MR) is 142 cm³/mol. The number of rotatable bonds is 9. The molecule has 0 aromatic heterocycles. The van der Waals surface area contributed by atoms with Crippen LogP contribution >= 0.6 is 0 Å². The molecule has 2 aromatic carbocycles. The summed E-state index contributed by atoms with van der Waals surface area (Å²) in [7, 11) is 1.67. The van der Waals surface area contributed by atoms with E-state index in [2.05, 4.69) is 26.5 Å². The first-order valence-electron chi connectivity index (χ1n) is 12.7. The Morgan fingerprint density at radius 1 is 1.05 bits per heavy atom. The lowest BCUT2D eigenvalue weighted by Gasteiger charge is -2.38. The van der Waals surface area contributed by atoms with Gasteiger partial charge in [-0.05, 0) is 50.6 Å². The average molecular weight is 509 g/mol. The van der Waals surface area contributed by atoms with E-state index in [0.29, 0.717) is 17.8 Å². The van der Waals surface area contributed by atoms with E-state index < -0.39 is 12.0 Å². The Bertz CT molecular complexity index is 1120. The van der Waals surface area contributed by atoms with Gasteiger partial charge in [0, 0.05) is 50.2 Å². The third kappa shape index (κ3) is 6.54. The third-order valence-corrected chi connectivity index (χ3v) is 6.41. The first-order valence-corrected chi connectivity index (χ1v) is 12.7. The lowest BCUT2D eigenvalue weighted by Crippen LogP contribution is -2.51. The monoisotopic (exact) mass is 508 g/mol. The summed E-state index contributed by atoms with van der Waals surface area (Å²) in [6.45, 7) is 9.60. The van der Waals surface area contributed by atoms with Crippen molar-refractivity contribution < 1.29 is 23.8 Å². The molecule has 0 aliphatic carbocycles. The van der Waals surface area contributed by atoms with Gasteiger partial charge >= 0.3 is 12.0 Å². The van der Waals surface area contributed by atoms with Gasteiger partial charge in [-0.25, -0.2) is 9.59 Å². The number of methoxy groups -OCH3 is 1. The number of benzene rings is 2. The van der Waals surface area contributed by atoms with E-state index in [0.717, 1.165) is 48.9 Å². The fourth-order valence-electron chi connectivity index (χ4n) is 4.65.